The van der Waals surface area contributed by atoms with Crippen LogP contribution in [0.2, 0.25) is 0 Å². The SMILES string of the molecule is CN[C@@H](C)CN[C@H](C(=O)C1=C(C(=O)Nc2cc3c(Nc4ccc(N5CCN(CC6CC6)CC5)c(F)c4)ncnc3cc2OC)Cn2cccc21)C(C)(C)C. The summed E-state index contributed by atoms with van der Waals surface area (Å²) in [6.45, 7) is 13.6. The number of anilines is 4. The van der Waals surface area contributed by atoms with Crippen molar-refractivity contribution in [3.63, 3.8) is 0 Å². The Labute approximate surface area is 316 Å². The topological polar surface area (TPSA) is 129 Å². The molecule has 2 atom stereocenters. The molecule has 4 aromatic rings. The number of rotatable bonds is 14. The second-order valence-corrected chi connectivity index (χ2v) is 15.9. The number of fused-ring (bicyclic) bond motifs is 2. The van der Waals surface area contributed by atoms with Crippen molar-refractivity contribution in [2.75, 3.05) is 69.0 Å². The highest BCUT2D eigenvalue weighted by atomic mass is 19.1. The zero-order valence-electron chi connectivity index (χ0n) is 32.1. The number of piperazine rings is 1. The molecule has 2 fully saturated rings. The van der Waals surface area contributed by atoms with Gasteiger partial charge in [0.1, 0.15) is 23.7 Å². The highest BCUT2D eigenvalue weighted by Gasteiger charge is 2.39. The molecule has 1 amide bonds. The van der Waals surface area contributed by atoms with Gasteiger partial charge in [-0.1, -0.05) is 20.8 Å². The number of amides is 1. The molecule has 54 heavy (non-hydrogen) atoms. The number of methoxy groups -OCH3 is 1. The van der Waals surface area contributed by atoms with E-state index in [-0.39, 0.29) is 24.2 Å². The fourth-order valence-corrected chi connectivity index (χ4v) is 7.44. The lowest BCUT2D eigenvalue weighted by Crippen LogP contribution is -2.50. The summed E-state index contributed by atoms with van der Waals surface area (Å²) >= 11 is 0. The van der Waals surface area contributed by atoms with Crippen molar-refractivity contribution in [3.05, 3.63) is 72.1 Å². The predicted molar refractivity (Wildman–Crippen MR) is 212 cm³/mol. The number of ketones is 1. The summed E-state index contributed by atoms with van der Waals surface area (Å²) in [5.41, 5.74) is 3.16. The average Bonchev–Trinajstić information content (AvgIpc) is 3.71. The molecule has 3 aliphatic rings. The summed E-state index contributed by atoms with van der Waals surface area (Å²) in [5.74, 6) is 0.847. The molecule has 0 bridgehead atoms. The first-order chi connectivity index (χ1) is 25.9. The number of aromatic nitrogens is 3. The summed E-state index contributed by atoms with van der Waals surface area (Å²) < 4.78 is 23.2. The minimum absolute atomic E-state index is 0.132. The first kappa shape index (κ1) is 37.5. The Morgan fingerprint density at radius 2 is 1.83 bits per heavy atom. The van der Waals surface area contributed by atoms with Crippen molar-refractivity contribution >= 4 is 51.0 Å². The maximum absolute atomic E-state index is 15.6. The molecule has 13 heteroatoms. The largest absolute Gasteiger partial charge is 0.494 e. The van der Waals surface area contributed by atoms with Crippen molar-refractivity contribution in [3.8, 4) is 5.75 Å². The molecule has 4 N–H and O–H groups in total. The number of halogens is 1. The second-order valence-electron chi connectivity index (χ2n) is 15.9. The molecular weight excluding hydrogens is 686 g/mol. The Hall–Kier alpha value is -4.85. The van der Waals surface area contributed by atoms with E-state index in [0.717, 1.165) is 38.6 Å². The van der Waals surface area contributed by atoms with Crippen LogP contribution < -0.4 is 30.9 Å². The van der Waals surface area contributed by atoms with Crippen molar-refractivity contribution < 1.29 is 18.7 Å². The molecule has 4 heterocycles. The van der Waals surface area contributed by atoms with E-state index < -0.39 is 17.4 Å². The Bertz CT molecular complexity index is 2060. The lowest BCUT2D eigenvalue weighted by molar-refractivity contribution is -0.118. The molecule has 1 saturated heterocycles. The molecule has 0 spiro atoms. The molecular formula is C41H52FN9O3. The van der Waals surface area contributed by atoms with E-state index in [4.69, 9.17) is 4.74 Å². The normalized spacial score (nSPS) is 17.4. The third kappa shape index (κ3) is 7.98. The highest BCUT2D eigenvalue weighted by molar-refractivity contribution is 6.30. The molecule has 2 aliphatic heterocycles. The monoisotopic (exact) mass is 737 g/mol. The number of nitrogens with zero attached hydrogens (tertiary/aromatic N) is 5. The van der Waals surface area contributed by atoms with Gasteiger partial charge in [-0.3, -0.25) is 14.5 Å². The van der Waals surface area contributed by atoms with Crippen LogP contribution in [0.4, 0.5) is 27.3 Å². The molecule has 1 aliphatic carbocycles. The Kier molecular flexibility index (Phi) is 10.7. The maximum atomic E-state index is 15.6. The average molecular weight is 738 g/mol. The quantitative estimate of drug-likeness (QED) is 0.133. The summed E-state index contributed by atoms with van der Waals surface area (Å²) in [5, 5.41) is 13.6. The number of hydrogen-bond acceptors (Lipinski definition) is 10. The molecule has 1 saturated carbocycles. The molecule has 12 nitrogen and oxygen atoms in total. The molecule has 0 unspecified atom stereocenters. The van der Waals surface area contributed by atoms with E-state index in [9.17, 15) is 9.59 Å². The third-order valence-electron chi connectivity index (χ3n) is 10.8. The fourth-order valence-electron chi connectivity index (χ4n) is 7.44. The lowest BCUT2D eigenvalue weighted by atomic mass is 9.80. The van der Waals surface area contributed by atoms with Gasteiger partial charge in [0.15, 0.2) is 5.78 Å². The van der Waals surface area contributed by atoms with Crippen LogP contribution >= 0.6 is 0 Å². The van der Waals surface area contributed by atoms with E-state index >= 15 is 4.39 Å². The molecule has 2 aromatic carbocycles. The number of benzene rings is 2. The summed E-state index contributed by atoms with van der Waals surface area (Å²) in [7, 11) is 3.41. The Morgan fingerprint density at radius 3 is 2.52 bits per heavy atom. The smallest absolute Gasteiger partial charge is 0.254 e. The third-order valence-corrected chi connectivity index (χ3v) is 10.8. The number of carbonyl (C=O) groups is 2. The first-order valence-corrected chi connectivity index (χ1v) is 18.9. The van der Waals surface area contributed by atoms with Crippen LogP contribution in [0, 0.1) is 17.2 Å². The van der Waals surface area contributed by atoms with Crippen molar-refractivity contribution in [1.29, 1.82) is 0 Å². The number of carbonyl (C=O) groups excluding carboxylic acids is 2. The van der Waals surface area contributed by atoms with Gasteiger partial charge in [0.05, 0.1) is 47.9 Å². The van der Waals surface area contributed by atoms with Crippen LogP contribution in [0.3, 0.4) is 0 Å². The van der Waals surface area contributed by atoms with Crippen LogP contribution in [0.15, 0.2) is 60.6 Å². The van der Waals surface area contributed by atoms with Gasteiger partial charge in [-0.05, 0) is 74.5 Å². The van der Waals surface area contributed by atoms with Crippen molar-refractivity contribution in [2.24, 2.45) is 11.3 Å². The van der Waals surface area contributed by atoms with Crippen LogP contribution in [-0.2, 0) is 16.1 Å². The molecule has 2 aromatic heterocycles. The van der Waals surface area contributed by atoms with E-state index in [2.05, 4.69) is 41.0 Å². The summed E-state index contributed by atoms with van der Waals surface area (Å²) in [6.07, 6.45) is 5.97. The van der Waals surface area contributed by atoms with Gasteiger partial charge < -0.3 is 35.5 Å². The van der Waals surface area contributed by atoms with E-state index in [1.54, 1.807) is 12.1 Å². The van der Waals surface area contributed by atoms with E-state index in [1.165, 1.54) is 32.3 Å². The van der Waals surface area contributed by atoms with Crippen molar-refractivity contribution in [1.82, 2.24) is 30.1 Å². The summed E-state index contributed by atoms with van der Waals surface area (Å²) in [6, 6.07) is 12.0. The number of ether oxygens (including phenoxy) is 1. The molecule has 7 rings (SSSR count). The Morgan fingerprint density at radius 1 is 1.06 bits per heavy atom. The molecule has 286 valence electrons. The van der Waals surface area contributed by atoms with Gasteiger partial charge >= 0.3 is 0 Å². The second kappa shape index (κ2) is 15.5. The molecule has 0 radical (unpaired) electrons. The van der Waals surface area contributed by atoms with Gasteiger partial charge in [-0.2, -0.15) is 0 Å². The van der Waals surface area contributed by atoms with Crippen molar-refractivity contribution in [2.45, 2.75) is 59.2 Å². The van der Waals surface area contributed by atoms with Gasteiger partial charge in [0.2, 0.25) is 0 Å². The number of likely N-dealkylation sites (N-methyl/N-ethyl adjacent to an activating group) is 1. The highest BCUT2D eigenvalue weighted by Crippen LogP contribution is 2.37. The van der Waals surface area contributed by atoms with Crippen LogP contribution in [0.5, 0.6) is 5.75 Å². The lowest BCUT2D eigenvalue weighted by Gasteiger charge is -2.36. The summed E-state index contributed by atoms with van der Waals surface area (Å²) in [4.78, 5) is 42.2. The van der Waals surface area contributed by atoms with Gasteiger partial charge in [-0.15, -0.1) is 0 Å². The van der Waals surface area contributed by atoms with Crippen LogP contribution in [-0.4, -0.2) is 96.6 Å². The standard InChI is InChI=1S/C41H52FN9O3/c1-25(43-5)21-44-38(41(2,3)4)37(52)36-29(23-51-13-7-8-34(36)51)40(53)48-32-19-28-31(20-35(32)54-6)45-24-46-39(28)47-27-11-12-33(30(42)18-27)50-16-14-49(15-17-50)22-26-9-10-26/h7-8,11-13,18-20,24-26,38,43-44H,9-10,14-17,21-23H2,1-6H3,(H,48,53)(H,45,46,47)/t25-,38+/m0/s1. The fraction of sp³-hybridized carbons (Fsp3) is 0.463. The van der Waals surface area contributed by atoms with Crippen LogP contribution in [0.25, 0.3) is 16.5 Å². The number of hydrogen-bond donors (Lipinski definition) is 4. The first-order valence-electron chi connectivity index (χ1n) is 18.9. The number of Topliss-reactive ketones (excluding diaryl/α,β-unsaturated/α-hetero) is 1. The van der Waals surface area contributed by atoms with E-state index in [1.807, 2.05) is 69.8 Å². The zero-order chi connectivity index (χ0) is 38.1. The van der Waals surface area contributed by atoms with Gasteiger partial charge in [0, 0.05) is 74.2 Å². The zero-order valence-corrected chi connectivity index (χ0v) is 32.1. The van der Waals surface area contributed by atoms with E-state index in [0.29, 0.717) is 62.9 Å². The van der Waals surface area contributed by atoms with Crippen LogP contribution in [0.1, 0.15) is 46.2 Å². The number of nitrogens with one attached hydrogen (secondary N) is 4. The minimum atomic E-state index is -0.533. The Balaban J connectivity index is 1.13. The van der Waals surface area contributed by atoms with Gasteiger partial charge in [-0.25, -0.2) is 14.4 Å². The van der Waals surface area contributed by atoms with Gasteiger partial charge in [0.25, 0.3) is 5.91 Å². The maximum Gasteiger partial charge on any atom is 0.254 e. The minimum Gasteiger partial charge on any atom is -0.494 e. The predicted octanol–water partition coefficient (Wildman–Crippen LogP) is 5.44.